The highest BCUT2D eigenvalue weighted by Crippen LogP contribution is 2.29. The van der Waals surface area contributed by atoms with E-state index in [1.54, 1.807) is 12.1 Å². The fourth-order valence-electron chi connectivity index (χ4n) is 1.93. The van der Waals surface area contributed by atoms with Gasteiger partial charge in [-0.2, -0.15) is 5.10 Å². The van der Waals surface area contributed by atoms with Crippen LogP contribution >= 0.6 is 0 Å². The topological polar surface area (TPSA) is 79.9 Å². The molecule has 6 heteroatoms. The molecule has 0 bridgehead atoms. The number of amides is 1. The Labute approximate surface area is 122 Å². The SMILES string of the molecule is Cc1nc(CNC(=O)c2ccc(OCC3CC3)cc2)n[nH]1. The lowest BCUT2D eigenvalue weighted by molar-refractivity contribution is 0.0950. The summed E-state index contributed by atoms with van der Waals surface area (Å²) in [5.41, 5.74) is 0.598. The lowest BCUT2D eigenvalue weighted by atomic mass is 10.2. The van der Waals surface area contributed by atoms with Gasteiger partial charge in [-0.3, -0.25) is 9.89 Å². The second kappa shape index (κ2) is 5.95. The maximum atomic E-state index is 12.0. The van der Waals surface area contributed by atoms with Gasteiger partial charge in [-0.1, -0.05) is 0 Å². The molecular formula is C15H18N4O2. The molecule has 1 aliphatic carbocycles. The predicted octanol–water partition coefficient (Wildman–Crippen LogP) is 1.83. The molecule has 1 aromatic carbocycles. The normalized spacial score (nSPS) is 14.0. The molecule has 1 aliphatic rings. The third kappa shape index (κ3) is 3.81. The van der Waals surface area contributed by atoms with Gasteiger partial charge in [0.1, 0.15) is 11.6 Å². The Morgan fingerprint density at radius 1 is 1.38 bits per heavy atom. The lowest BCUT2D eigenvalue weighted by Gasteiger charge is -2.06. The van der Waals surface area contributed by atoms with Crippen LogP contribution in [0, 0.1) is 12.8 Å². The van der Waals surface area contributed by atoms with Gasteiger partial charge >= 0.3 is 0 Å². The molecule has 0 atom stereocenters. The third-order valence-corrected chi connectivity index (χ3v) is 3.35. The molecule has 1 saturated carbocycles. The average Bonchev–Trinajstić information content (AvgIpc) is 3.24. The molecule has 3 rings (SSSR count). The van der Waals surface area contributed by atoms with E-state index in [9.17, 15) is 4.79 Å². The number of carbonyl (C=O) groups is 1. The number of H-pyrrole nitrogens is 1. The number of carbonyl (C=O) groups excluding carboxylic acids is 1. The van der Waals surface area contributed by atoms with E-state index in [0.29, 0.717) is 17.9 Å². The quantitative estimate of drug-likeness (QED) is 0.849. The van der Waals surface area contributed by atoms with E-state index in [2.05, 4.69) is 20.5 Å². The van der Waals surface area contributed by atoms with E-state index in [-0.39, 0.29) is 5.91 Å². The Kier molecular flexibility index (Phi) is 3.85. The van der Waals surface area contributed by atoms with Gasteiger partial charge in [-0.25, -0.2) is 4.98 Å². The van der Waals surface area contributed by atoms with Crippen molar-refractivity contribution in [2.75, 3.05) is 6.61 Å². The van der Waals surface area contributed by atoms with Gasteiger partial charge in [0, 0.05) is 5.56 Å². The summed E-state index contributed by atoms with van der Waals surface area (Å²) in [5.74, 6) is 2.69. The van der Waals surface area contributed by atoms with Crippen molar-refractivity contribution in [2.45, 2.75) is 26.3 Å². The van der Waals surface area contributed by atoms with Gasteiger partial charge in [0.15, 0.2) is 5.82 Å². The van der Waals surface area contributed by atoms with E-state index in [1.807, 2.05) is 19.1 Å². The van der Waals surface area contributed by atoms with Crippen molar-refractivity contribution < 1.29 is 9.53 Å². The monoisotopic (exact) mass is 286 g/mol. The molecule has 1 aromatic heterocycles. The number of rotatable bonds is 6. The molecule has 6 nitrogen and oxygen atoms in total. The number of aryl methyl sites for hydroxylation is 1. The van der Waals surface area contributed by atoms with Crippen molar-refractivity contribution in [2.24, 2.45) is 5.92 Å². The van der Waals surface area contributed by atoms with Crippen LogP contribution in [-0.2, 0) is 6.54 Å². The summed E-state index contributed by atoms with van der Waals surface area (Å²) in [7, 11) is 0. The second-order valence-electron chi connectivity index (χ2n) is 5.30. The number of hydrogen-bond acceptors (Lipinski definition) is 4. The minimum atomic E-state index is -0.147. The zero-order valence-electron chi connectivity index (χ0n) is 11.9. The fraction of sp³-hybridized carbons (Fsp3) is 0.400. The molecule has 0 spiro atoms. The summed E-state index contributed by atoms with van der Waals surface area (Å²) in [5, 5.41) is 9.49. The van der Waals surface area contributed by atoms with Crippen LogP contribution in [0.3, 0.4) is 0 Å². The van der Waals surface area contributed by atoms with Gasteiger partial charge in [-0.05, 0) is 49.9 Å². The zero-order chi connectivity index (χ0) is 14.7. The van der Waals surface area contributed by atoms with Crippen LogP contribution in [0.25, 0.3) is 0 Å². The number of hydrogen-bond donors (Lipinski definition) is 2. The van der Waals surface area contributed by atoms with Gasteiger partial charge in [0.25, 0.3) is 5.91 Å². The molecule has 1 amide bonds. The molecule has 0 unspecified atom stereocenters. The average molecular weight is 286 g/mol. The predicted molar refractivity (Wildman–Crippen MR) is 77.0 cm³/mol. The molecule has 1 heterocycles. The smallest absolute Gasteiger partial charge is 0.251 e. The van der Waals surface area contributed by atoms with Crippen LogP contribution in [0.4, 0.5) is 0 Å². The maximum absolute atomic E-state index is 12.0. The molecular weight excluding hydrogens is 268 g/mol. The Morgan fingerprint density at radius 2 is 2.14 bits per heavy atom. The number of nitrogens with one attached hydrogen (secondary N) is 2. The van der Waals surface area contributed by atoms with Crippen molar-refractivity contribution >= 4 is 5.91 Å². The first-order valence-electron chi connectivity index (χ1n) is 7.09. The largest absolute Gasteiger partial charge is 0.493 e. The highest BCUT2D eigenvalue weighted by molar-refractivity contribution is 5.94. The highest BCUT2D eigenvalue weighted by Gasteiger charge is 2.21. The van der Waals surface area contributed by atoms with Crippen LogP contribution in [0.5, 0.6) is 5.75 Å². The molecule has 21 heavy (non-hydrogen) atoms. The number of benzene rings is 1. The first kappa shape index (κ1) is 13.6. The van der Waals surface area contributed by atoms with E-state index >= 15 is 0 Å². The molecule has 0 saturated heterocycles. The molecule has 110 valence electrons. The Hall–Kier alpha value is -2.37. The second-order valence-corrected chi connectivity index (χ2v) is 5.30. The van der Waals surface area contributed by atoms with Crippen molar-refractivity contribution in [3.63, 3.8) is 0 Å². The van der Waals surface area contributed by atoms with Crippen LogP contribution in [0.1, 0.15) is 34.8 Å². The Balaban J connectivity index is 1.51. The molecule has 2 N–H and O–H groups in total. The van der Waals surface area contributed by atoms with Crippen molar-refractivity contribution in [1.82, 2.24) is 20.5 Å². The first-order valence-corrected chi connectivity index (χ1v) is 7.09. The minimum absolute atomic E-state index is 0.147. The van der Waals surface area contributed by atoms with Crippen LogP contribution in [0.2, 0.25) is 0 Å². The molecule has 1 fully saturated rings. The van der Waals surface area contributed by atoms with Gasteiger partial charge in [0.2, 0.25) is 0 Å². The van der Waals surface area contributed by atoms with Crippen LogP contribution in [-0.4, -0.2) is 27.7 Å². The van der Waals surface area contributed by atoms with Gasteiger partial charge < -0.3 is 10.1 Å². The van der Waals surface area contributed by atoms with Crippen LogP contribution < -0.4 is 10.1 Å². The lowest BCUT2D eigenvalue weighted by Crippen LogP contribution is -2.23. The number of aromatic amines is 1. The Morgan fingerprint density at radius 3 is 2.76 bits per heavy atom. The number of aromatic nitrogens is 3. The van der Waals surface area contributed by atoms with Gasteiger partial charge in [-0.15, -0.1) is 0 Å². The standard InChI is InChI=1S/C15H18N4O2/c1-10-17-14(19-18-10)8-16-15(20)12-4-6-13(7-5-12)21-9-11-2-3-11/h4-7,11H,2-3,8-9H2,1H3,(H,16,20)(H,17,18,19). The van der Waals surface area contributed by atoms with Crippen molar-refractivity contribution in [3.05, 3.63) is 41.5 Å². The Bertz CT molecular complexity index is 617. The van der Waals surface area contributed by atoms with Crippen LogP contribution in [0.15, 0.2) is 24.3 Å². The summed E-state index contributed by atoms with van der Waals surface area (Å²) in [6.07, 6.45) is 2.53. The van der Waals surface area contributed by atoms with Gasteiger partial charge in [0.05, 0.1) is 13.2 Å². The summed E-state index contributed by atoms with van der Waals surface area (Å²) in [4.78, 5) is 16.1. The first-order chi connectivity index (χ1) is 10.2. The summed E-state index contributed by atoms with van der Waals surface area (Å²) >= 11 is 0. The van der Waals surface area contributed by atoms with Crippen molar-refractivity contribution in [1.29, 1.82) is 0 Å². The summed E-state index contributed by atoms with van der Waals surface area (Å²) in [6.45, 7) is 2.90. The molecule has 0 radical (unpaired) electrons. The van der Waals surface area contributed by atoms with E-state index in [4.69, 9.17) is 4.74 Å². The maximum Gasteiger partial charge on any atom is 0.251 e. The minimum Gasteiger partial charge on any atom is -0.493 e. The zero-order valence-corrected chi connectivity index (χ0v) is 11.9. The number of nitrogens with zero attached hydrogens (tertiary/aromatic N) is 2. The van der Waals surface area contributed by atoms with Crippen molar-refractivity contribution in [3.8, 4) is 5.75 Å². The van der Waals surface area contributed by atoms with E-state index in [0.717, 1.165) is 24.1 Å². The number of ether oxygens (including phenoxy) is 1. The molecule has 2 aromatic rings. The highest BCUT2D eigenvalue weighted by atomic mass is 16.5. The third-order valence-electron chi connectivity index (χ3n) is 3.35. The summed E-state index contributed by atoms with van der Waals surface area (Å²) in [6, 6.07) is 7.18. The molecule has 0 aliphatic heterocycles. The van der Waals surface area contributed by atoms with E-state index in [1.165, 1.54) is 12.8 Å². The van der Waals surface area contributed by atoms with E-state index < -0.39 is 0 Å². The fourth-order valence-corrected chi connectivity index (χ4v) is 1.93. The summed E-state index contributed by atoms with van der Waals surface area (Å²) < 4.78 is 5.64.